The molecule has 1 amide bonds. The highest BCUT2D eigenvalue weighted by Gasteiger charge is 2.22. The zero-order valence-corrected chi connectivity index (χ0v) is 15.0. The molecule has 1 rings (SSSR count). The van der Waals surface area contributed by atoms with Crippen molar-refractivity contribution in [2.24, 2.45) is 16.5 Å². The fourth-order valence-corrected chi connectivity index (χ4v) is 3.25. The quantitative estimate of drug-likeness (QED) is 0.845. The van der Waals surface area contributed by atoms with E-state index in [-0.39, 0.29) is 22.1 Å². The molecule has 0 radical (unpaired) electrons. The van der Waals surface area contributed by atoms with Crippen LogP contribution in [0, 0.1) is 11.3 Å². The lowest BCUT2D eigenvalue weighted by molar-refractivity contribution is -0.117. The molecule has 5 nitrogen and oxygen atoms in total. The van der Waals surface area contributed by atoms with Gasteiger partial charge in [-0.25, -0.2) is 13.6 Å². The Hall–Kier alpha value is -0.920. The average Bonchev–Trinajstić information content (AvgIpc) is 2.25. The van der Waals surface area contributed by atoms with Gasteiger partial charge in [0, 0.05) is 16.6 Å². The van der Waals surface area contributed by atoms with E-state index < -0.39 is 10.0 Å². The summed E-state index contributed by atoms with van der Waals surface area (Å²) in [4.78, 5) is 12.0. The van der Waals surface area contributed by atoms with Gasteiger partial charge in [0.25, 0.3) is 0 Å². The van der Waals surface area contributed by atoms with Gasteiger partial charge in [0.15, 0.2) is 0 Å². The molecule has 3 N–H and O–H groups in total. The lowest BCUT2D eigenvalue weighted by Gasteiger charge is -2.26. The van der Waals surface area contributed by atoms with Crippen molar-refractivity contribution in [1.29, 1.82) is 0 Å². The second kappa shape index (κ2) is 6.46. The van der Waals surface area contributed by atoms with E-state index in [1.165, 1.54) is 18.2 Å². The van der Waals surface area contributed by atoms with Crippen molar-refractivity contribution in [3.05, 3.63) is 22.7 Å². The first-order valence-corrected chi connectivity index (χ1v) is 8.87. The van der Waals surface area contributed by atoms with Crippen molar-refractivity contribution in [2.45, 2.75) is 39.0 Å². The van der Waals surface area contributed by atoms with Crippen LogP contribution in [0.3, 0.4) is 0 Å². The Morgan fingerprint density at radius 1 is 1.38 bits per heavy atom. The zero-order valence-electron chi connectivity index (χ0n) is 12.6. The van der Waals surface area contributed by atoms with Crippen molar-refractivity contribution < 1.29 is 13.2 Å². The van der Waals surface area contributed by atoms with Gasteiger partial charge in [0.05, 0.1) is 4.90 Å². The molecular weight excluding hydrogens is 356 g/mol. The SMILES string of the molecule is CC(CC(=O)Nc1ccc(S(N)(=O)=O)c(Br)c1)C(C)(C)C. The molecule has 7 heteroatoms. The molecule has 0 fully saturated rings. The van der Waals surface area contributed by atoms with Crippen LogP contribution in [0.2, 0.25) is 0 Å². The minimum Gasteiger partial charge on any atom is -0.326 e. The second-order valence-electron chi connectivity index (χ2n) is 6.21. The van der Waals surface area contributed by atoms with Gasteiger partial charge in [-0.15, -0.1) is 0 Å². The Bertz CT molecular complexity index is 636. The third kappa shape index (κ3) is 5.41. The van der Waals surface area contributed by atoms with Crippen LogP contribution in [0.4, 0.5) is 5.69 Å². The lowest BCUT2D eigenvalue weighted by atomic mass is 9.80. The van der Waals surface area contributed by atoms with Crippen molar-refractivity contribution in [3.8, 4) is 0 Å². The smallest absolute Gasteiger partial charge is 0.239 e. The number of carbonyl (C=O) groups is 1. The second-order valence-corrected chi connectivity index (χ2v) is 8.59. The van der Waals surface area contributed by atoms with Crippen LogP contribution in [-0.4, -0.2) is 14.3 Å². The van der Waals surface area contributed by atoms with Crippen molar-refractivity contribution in [2.75, 3.05) is 5.32 Å². The molecule has 21 heavy (non-hydrogen) atoms. The number of rotatable bonds is 4. The van der Waals surface area contributed by atoms with Gasteiger partial charge in [-0.2, -0.15) is 0 Å². The van der Waals surface area contributed by atoms with Gasteiger partial charge in [0.1, 0.15) is 0 Å². The molecule has 0 spiro atoms. The molecule has 118 valence electrons. The molecule has 0 heterocycles. The first-order chi connectivity index (χ1) is 9.41. The van der Waals surface area contributed by atoms with Crippen LogP contribution in [0.1, 0.15) is 34.1 Å². The van der Waals surface area contributed by atoms with E-state index in [9.17, 15) is 13.2 Å². The summed E-state index contributed by atoms with van der Waals surface area (Å²) < 4.78 is 22.9. The van der Waals surface area contributed by atoms with Crippen LogP contribution in [0.25, 0.3) is 0 Å². The maximum atomic E-state index is 12.0. The van der Waals surface area contributed by atoms with Crippen molar-refractivity contribution >= 4 is 37.5 Å². The molecular formula is C14H21BrN2O3S. The predicted octanol–water partition coefficient (Wildman–Crippen LogP) is 3.11. The number of sulfonamides is 1. The molecule has 1 aromatic rings. The lowest BCUT2D eigenvalue weighted by Crippen LogP contribution is -2.24. The summed E-state index contributed by atoms with van der Waals surface area (Å²) >= 11 is 3.14. The summed E-state index contributed by atoms with van der Waals surface area (Å²) in [5.41, 5.74) is 0.579. The summed E-state index contributed by atoms with van der Waals surface area (Å²) in [5.74, 6) is 0.123. The van der Waals surface area contributed by atoms with Gasteiger partial charge in [-0.3, -0.25) is 4.79 Å². The summed E-state index contributed by atoms with van der Waals surface area (Å²) in [6, 6.07) is 4.41. The molecule has 0 bridgehead atoms. The van der Waals surface area contributed by atoms with Crippen LogP contribution in [0.5, 0.6) is 0 Å². The molecule has 1 unspecified atom stereocenters. The summed E-state index contributed by atoms with van der Waals surface area (Å²) in [5, 5.41) is 7.84. The van der Waals surface area contributed by atoms with E-state index >= 15 is 0 Å². The fraction of sp³-hybridized carbons (Fsp3) is 0.500. The summed E-state index contributed by atoms with van der Waals surface area (Å²) in [6.07, 6.45) is 0.401. The molecule has 0 aliphatic rings. The minimum absolute atomic E-state index is 0.0106. The molecule has 1 aromatic carbocycles. The zero-order chi connectivity index (χ0) is 16.4. The van der Waals surface area contributed by atoms with Crippen molar-refractivity contribution in [3.63, 3.8) is 0 Å². The number of anilines is 1. The summed E-state index contributed by atoms with van der Waals surface area (Å²) in [6.45, 7) is 8.28. The van der Waals surface area contributed by atoms with E-state index in [1.807, 2.05) is 6.92 Å². The minimum atomic E-state index is -3.78. The maximum absolute atomic E-state index is 12.0. The number of nitrogens with one attached hydrogen (secondary N) is 1. The summed E-state index contributed by atoms with van der Waals surface area (Å²) in [7, 11) is -3.78. The van der Waals surface area contributed by atoms with Crippen LogP contribution in [0.15, 0.2) is 27.6 Å². The monoisotopic (exact) mass is 376 g/mol. The van der Waals surface area contributed by atoms with E-state index in [4.69, 9.17) is 5.14 Å². The fourth-order valence-electron chi connectivity index (χ4n) is 1.61. The average molecular weight is 377 g/mol. The molecule has 0 saturated carbocycles. The Labute approximate surface area is 134 Å². The van der Waals surface area contributed by atoms with Crippen LogP contribution in [-0.2, 0) is 14.8 Å². The van der Waals surface area contributed by atoms with Crippen LogP contribution >= 0.6 is 15.9 Å². The highest BCUT2D eigenvalue weighted by atomic mass is 79.9. The first kappa shape index (κ1) is 18.1. The first-order valence-electron chi connectivity index (χ1n) is 6.53. The molecule has 0 aliphatic carbocycles. The van der Waals surface area contributed by atoms with E-state index in [2.05, 4.69) is 42.0 Å². The highest BCUT2D eigenvalue weighted by molar-refractivity contribution is 9.10. The maximum Gasteiger partial charge on any atom is 0.239 e. The Kier molecular flexibility index (Phi) is 5.57. The van der Waals surface area contributed by atoms with Crippen molar-refractivity contribution in [1.82, 2.24) is 0 Å². The third-order valence-corrected chi connectivity index (χ3v) is 5.38. The number of hydrogen-bond donors (Lipinski definition) is 2. The number of halogens is 1. The standard InChI is InChI=1S/C14H21BrN2O3S/c1-9(14(2,3)4)7-13(18)17-10-5-6-12(11(15)8-10)21(16,19)20/h5-6,8-9H,7H2,1-4H3,(H,17,18)(H2,16,19,20). The highest BCUT2D eigenvalue weighted by Crippen LogP contribution is 2.29. The normalized spacial score (nSPS) is 13.8. The van der Waals surface area contributed by atoms with Gasteiger partial charge >= 0.3 is 0 Å². The van der Waals surface area contributed by atoms with E-state index in [1.54, 1.807) is 0 Å². The van der Waals surface area contributed by atoms with E-state index in [0.717, 1.165) is 0 Å². The Morgan fingerprint density at radius 3 is 2.38 bits per heavy atom. The molecule has 0 aromatic heterocycles. The Balaban J connectivity index is 2.81. The third-order valence-electron chi connectivity index (χ3n) is 3.49. The Morgan fingerprint density at radius 2 is 1.95 bits per heavy atom. The number of nitrogens with two attached hydrogens (primary N) is 1. The predicted molar refractivity (Wildman–Crippen MR) is 87.4 cm³/mol. The molecule has 0 saturated heterocycles. The molecule has 1 atom stereocenters. The van der Waals surface area contributed by atoms with Gasteiger partial charge in [-0.05, 0) is 45.5 Å². The van der Waals surface area contributed by atoms with E-state index in [0.29, 0.717) is 16.6 Å². The topological polar surface area (TPSA) is 89.3 Å². The number of benzene rings is 1. The number of amides is 1. The number of primary sulfonamides is 1. The molecule has 0 aliphatic heterocycles. The number of carbonyl (C=O) groups excluding carboxylic acids is 1. The van der Waals surface area contributed by atoms with Crippen LogP contribution < -0.4 is 10.5 Å². The van der Waals surface area contributed by atoms with Gasteiger partial charge in [-0.1, -0.05) is 27.7 Å². The van der Waals surface area contributed by atoms with Gasteiger partial charge in [0.2, 0.25) is 15.9 Å². The largest absolute Gasteiger partial charge is 0.326 e. The number of hydrogen-bond acceptors (Lipinski definition) is 3. The van der Waals surface area contributed by atoms with Gasteiger partial charge < -0.3 is 5.32 Å².